The van der Waals surface area contributed by atoms with Gasteiger partial charge in [-0.1, -0.05) is 318 Å². The first kappa shape index (κ1) is 98.0. The summed E-state index contributed by atoms with van der Waals surface area (Å²) in [4.78, 5) is 73.0. The minimum absolute atomic E-state index is 0.0947. The smallest absolute Gasteiger partial charge is 0.462 e. The van der Waals surface area contributed by atoms with Crippen molar-refractivity contribution in [3.05, 3.63) is 97.2 Å². The molecule has 0 spiro atoms. The zero-order valence-electron chi connectivity index (χ0n) is 64.5. The van der Waals surface area contributed by atoms with Crippen LogP contribution in [0.1, 0.15) is 349 Å². The van der Waals surface area contributed by atoms with Crippen LogP contribution < -0.4 is 0 Å². The number of phosphoric acid groups is 2. The predicted molar refractivity (Wildman–Crippen MR) is 418 cm³/mol. The Morgan fingerprint density at radius 1 is 0.284 bits per heavy atom. The highest BCUT2D eigenvalue weighted by Crippen LogP contribution is 2.45. The van der Waals surface area contributed by atoms with Gasteiger partial charge in [0, 0.05) is 25.7 Å². The molecule has 102 heavy (non-hydrogen) atoms. The first-order chi connectivity index (χ1) is 49.7. The van der Waals surface area contributed by atoms with Gasteiger partial charge in [0.15, 0.2) is 12.2 Å². The molecular formula is C83H146O17P2. The van der Waals surface area contributed by atoms with Gasteiger partial charge in [0.05, 0.1) is 26.4 Å². The average molecular weight is 1480 g/mol. The molecule has 0 rings (SSSR count). The lowest BCUT2D eigenvalue weighted by atomic mass is 10.0. The molecule has 5 atom stereocenters. The number of aliphatic hydroxyl groups is 1. The van der Waals surface area contributed by atoms with Gasteiger partial charge in [0.25, 0.3) is 0 Å². The molecule has 0 radical (unpaired) electrons. The van der Waals surface area contributed by atoms with Crippen LogP contribution in [0.3, 0.4) is 0 Å². The van der Waals surface area contributed by atoms with E-state index in [9.17, 15) is 43.2 Å². The normalized spacial score (nSPS) is 14.4. The van der Waals surface area contributed by atoms with Crippen LogP contribution in [0, 0.1) is 0 Å². The molecular weight excluding hydrogens is 1330 g/mol. The molecule has 17 nitrogen and oxygen atoms in total. The number of unbranched alkanes of at least 4 members (excludes halogenated alkanes) is 34. The summed E-state index contributed by atoms with van der Waals surface area (Å²) in [6.45, 7) is 4.66. The molecule has 19 heteroatoms. The number of allylic oxidation sites excluding steroid dienone is 16. The molecule has 0 saturated heterocycles. The third kappa shape index (κ3) is 74.3. The van der Waals surface area contributed by atoms with E-state index in [-0.39, 0.29) is 25.7 Å². The van der Waals surface area contributed by atoms with E-state index in [1.165, 1.54) is 89.9 Å². The highest BCUT2D eigenvalue weighted by Gasteiger charge is 2.30. The maximum atomic E-state index is 13.1. The van der Waals surface area contributed by atoms with Gasteiger partial charge in [-0.25, -0.2) is 9.13 Å². The van der Waals surface area contributed by atoms with Gasteiger partial charge < -0.3 is 33.8 Å². The van der Waals surface area contributed by atoms with Gasteiger partial charge in [-0.05, 0) is 103 Å². The number of carbonyl (C=O) groups is 4. The lowest BCUT2D eigenvalue weighted by molar-refractivity contribution is -0.161. The quantitative estimate of drug-likeness (QED) is 0.0169. The van der Waals surface area contributed by atoms with Crippen LogP contribution in [-0.2, 0) is 65.4 Å². The van der Waals surface area contributed by atoms with Crippen molar-refractivity contribution in [3.8, 4) is 0 Å². The lowest BCUT2D eigenvalue weighted by Crippen LogP contribution is -2.30. The number of esters is 4. The summed E-state index contributed by atoms with van der Waals surface area (Å²) < 4.78 is 68.6. The van der Waals surface area contributed by atoms with Crippen LogP contribution in [0.4, 0.5) is 0 Å². The molecule has 5 unspecified atom stereocenters. The van der Waals surface area contributed by atoms with Gasteiger partial charge in [-0.2, -0.15) is 0 Å². The molecule has 0 aliphatic heterocycles. The average Bonchev–Trinajstić information content (AvgIpc) is 0.928. The van der Waals surface area contributed by atoms with E-state index in [0.29, 0.717) is 25.7 Å². The molecule has 0 bridgehead atoms. The number of ether oxygens (including phenoxy) is 4. The van der Waals surface area contributed by atoms with E-state index >= 15 is 0 Å². The number of phosphoric ester groups is 2. The van der Waals surface area contributed by atoms with Gasteiger partial charge in [-0.3, -0.25) is 37.3 Å². The fraction of sp³-hybridized carbons (Fsp3) is 0.759. The summed E-state index contributed by atoms with van der Waals surface area (Å²) in [6.07, 6.45) is 79.5. The maximum Gasteiger partial charge on any atom is 0.472 e. The Balaban J connectivity index is 5.29. The first-order valence-corrected chi connectivity index (χ1v) is 43.5. The zero-order valence-corrected chi connectivity index (χ0v) is 66.3. The molecule has 0 saturated carbocycles. The third-order valence-corrected chi connectivity index (χ3v) is 19.0. The van der Waals surface area contributed by atoms with Crippen molar-refractivity contribution in [1.29, 1.82) is 0 Å². The number of aliphatic hydroxyl groups excluding tert-OH is 1. The molecule has 0 fully saturated rings. The Kier molecular flexibility index (Phi) is 72.3. The lowest BCUT2D eigenvalue weighted by Gasteiger charge is -2.21. The van der Waals surface area contributed by atoms with E-state index in [1.54, 1.807) is 0 Å². The minimum Gasteiger partial charge on any atom is -0.462 e. The zero-order chi connectivity index (χ0) is 74.6. The Labute approximate surface area is 620 Å². The minimum atomic E-state index is -4.98. The summed E-state index contributed by atoms with van der Waals surface area (Å²) in [6, 6.07) is 0. The fourth-order valence-electron chi connectivity index (χ4n) is 11.0. The summed E-state index contributed by atoms with van der Waals surface area (Å²) in [5.74, 6) is -2.18. The second kappa shape index (κ2) is 75.2. The maximum absolute atomic E-state index is 13.1. The molecule has 0 aromatic carbocycles. The van der Waals surface area contributed by atoms with Crippen LogP contribution >= 0.6 is 15.6 Å². The van der Waals surface area contributed by atoms with Gasteiger partial charge >= 0.3 is 39.5 Å². The van der Waals surface area contributed by atoms with E-state index < -0.39 is 97.5 Å². The van der Waals surface area contributed by atoms with E-state index in [1.807, 2.05) is 0 Å². The first-order valence-electron chi connectivity index (χ1n) is 40.5. The van der Waals surface area contributed by atoms with Crippen molar-refractivity contribution in [2.45, 2.75) is 367 Å². The van der Waals surface area contributed by atoms with Crippen molar-refractivity contribution in [2.24, 2.45) is 0 Å². The second-order valence-corrected chi connectivity index (χ2v) is 29.9. The highest BCUT2D eigenvalue weighted by molar-refractivity contribution is 7.47. The van der Waals surface area contributed by atoms with E-state index in [2.05, 4.69) is 125 Å². The van der Waals surface area contributed by atoms with E-state index in [4.69, 9.17) is 37.0 Å². The molecule has 0 aromatic rings. The fourth-order valence-corrected chi connectivity index (χ4v) is 12.5. The number of carbonyl (C=O) groups excluding carboxylic acids is 4. The molecule has 0 aliphatic rings. The van der Waals surface area contributed by atoms with Gasteiger partial charge in [-0.15, -0.1) is 0 Å². The van der Waals surface area contributed by atoms with Crippen LogP contribution in [0.25, 0.3) is 0 Å². The van der Waals surface area contributed by atoms with Crippen molar-refractivity contribution in [3.63, 3.8) is 0 Å². The number of hydrogen-bond acceptors (Lipinski definition) is 15. The Bertz CT molecular complexity index is 2310. The Hall–Kier alpha value is -4.02. The predicted octanol–water partition coefficient (Wildman–Crippen LogP) is 23.6. The van der Waals surface area contributed by atoms with Crippen molar-refractivity contribution in [1.82, 2.24) is 0 Å². The third-order valence-electron chi connectivity index (χ3n) is 17.1. The summed E-state index contributed by atoms with van der Waals surface area (Å²) in [5, 5.41) is 10.6. The largest absolute Gasteiger partial charge is 0.472 e. The molecule has 3 N–H and O–H groups in total. The topological polar surface area (TPSA) is 237 Å². The SMILES string of the molecule is CC/C=C\C/C=C\C/C=C\C/C=C\CCCCCCCCC(=O)OCC(COP(=O)(O)OCC(O)COP(=O)(O)OCC(COC(=O)CCCCCCCC/C=C\C/C=C\C/C=C\C/C=C\CC)OC(=O)CCCCCCCCCCCCCCC)OC(=O)CCCCCCCCCCCCC. The summed E-state index contributed by atoms with van der Waals surface area (Å²) in [5.41, 5.74) is 0. The Morgan fingerprint density at radius 3 is 0.784 bits per heavy atom. The molecule has 590 valence electrons. The molecule has 0 aliphatic carbocycles. The Morgan fingerprint density at radius 2 is 0.510 bits per heavy atom. The van der Waals surface area contributed by atoms with Gasteiger partial charge in [0.1, 0.15) is 19.3 Å². The van der Waals surface area contributed by atoms with E-state index in [0.717, 1.165) is 180 Å². The standard InChI is InChI=1S/C83H146O17P2/c1-5-9-13-17-21-25-29-32-34-36-38-40-42-45-48-51-55-59-63-67-80(85)93-73-78(99-82(87)69-65-61-57-53-47-28-24-20-16-12-8-4)75-97-101(89,90)95-71-77(84)72-96-102(91,92)98-76-79(100-83(88)70-66-62-58-54-50-44-31-27-23-19-15-11-7-3)74-94-81(86)68-64-60-56-52-49-46-43-41-39-37-35-33-30-26-22-18-14-10-6-2/h9-10,13-14,21-22,25-26,32-35,38-41,77-79,84H,5-8,11-12,15-20,23-24,27-31,36-37,42-76H2,1-4H3,(H,89,90)(H,91,92)/b13-9-,14-10-,25-21-,26-22-,34-32-,35-33-,40-38-,41-39-. The second-order valence-electron chi connectivity index (χ2n) is 27.0. The molecule has 0 heterocycles. The summed E-state index contributed by atoms with van der Waals surface area (Å²) >= 11 is 0. The van der Waals surface area contributed by atoms with Crippen LogP contribution in [0.15, 0.2) is 97.2 Å². The number of hydrogen-bond donors (Lipinski definition) is 3. The number of rotatable bonds is 76. The van der Waals surface area contributed by atoms with Crippen LogP contribution in [-0.4, -0.2) is 96.7 Å². The molecule has 0 amide bonds. The van der Waals surface area contributed by atoms with Crippen LogP contribution in [0.2, 0.25) is 0 Å². The van der Waals surface area contributed by atoms with Gasteiger partial charge in [0.2, 0.25) is 0 Å². The highest BCUT2D eigenvalue weighted by atomic mass is 31.2. The summed E-state index contributed by atoms with van der Waals surface area (Å²) in [7, 11) is -9.95. The van der Waals surface area contributed by atoms with Crippen molar-refractivity contribution >= 4 is 39.5 Å². The van der Waals surface area contributed by atoms with Crippen molar-refractivity contribution in [2.75, 3.05) is 39.6 Å². The monoisotopic (exact) mass is 1480 g/mol. The van der Waals surface area contributed by atoms with Crippen molar-refractivity contribution < 1.29 is 80.2 Å². The van der Waals surface area contributed by atoms with Crippen LogP contribution in [0.5, 0.6) is 0 Å². The molecule has 0 aromatic heterocycles.